The van der Waals surface area contributed by atoms with Gasteiger partial charge in [0.2, 0.25) is 0 Å². The summed E-state index contributed by atoms with van der Waals surface area (Å²) >= 11 is 0. The first-order chi connectivity index (χ1) is 11.5. The fourth-order valence-corrected chi connectivity index (χ4v) is 1.71. The van der Waals surface area contributed by atoms with Crippen molar-refractivity contribution in [1.82, 2.24) is 0 Å². The second-order valence-corrected chi connectivity index (χ2v) is 5.08. The number of carboxylic acids is 2. The zero-order chi connectivity index (χ0) is 18.5. The number of hydrogen-bond acceptors (Lipinski definition) is 6. The van der Waals surface area contributed by atoms with Crippen molar-refractivity contribution in [3.05, 3.63) is 0 Å². The summed E-state index contributed by atoms with van der Waals surface area (Å²) in [7, 11) is 0. The molecule has 0 unspecified atom stereocenters. The molecule has 0 aliphatic rings. The molecule has 0 spiro atoms. The lowest BCUT2D eigenvalue weighted by Crippen LogP contribution is -2.09. The third-order valence-corrected chi connectivity index (χ3v) is 2.87. The summed E-state index contributed by atoms with van der Waals surface area (Å²) in [4.78, 5) is 20.3. The molecule has 0 bridgehead atoms. The lowest BCUT2D eigenvalue weighted by Gasteiger charge is -2.01. The highest BCUT2D eigenvalue weighted by Crippen LogP contribution is 2.08. The number of carbonyl (C=O) groups is 2. The fraction of sp³-hybridized carbons (Fsp3) is 0.875. The molecular formula is C16H32O8. The highest BCUT2D eigenvalue weighted by Gasteiger charge is 1.98. The molecule has 4 N–H and O–H groups in total. The van der Waals surface area contributed by atoms with Crippen LogP contribution in [0.25, 0.3) is 0 Å². The van der Waals surface area contributed by atoms with Crippen LogP contribution in [0.1, 0.15) is 51.4 Å². The Hall–Kier alpha value is -1.22. The highest BCUT2D eigenvalue weighted by molar-refractivity contribution is 5.66. The number of hydrogen-bond donors (Lipinski definition) is 4. The highest BCUT2D eigenvalue weighted by atomic mass is 16.5. The third-order valence-electron chi connectivity index (χ3n) is 2.87. The van der Waals surface area contributed by atoms with E-state index in [1.807, 2.05) is 0 Å². The molecule has 24 heavy (non-hydrogen) atoms. The maximum atomic E-state index is 10.1. The van der Waals surface area contributed by atoms with Crippen LogP contribution in [0.5, 0.6) is 0 Å². The first kappa shape index (κ1) is 25.0. The number of carboxylic acid groups (broad SMARTS) is 2. The van der Waals surface area contributed by atoms with E-state index in [1.54, 1.807) is 0 Å². The van der Waals surface area contributed by atoms with Crippen molar-refractivity contribution in [2.45, 2.75) is 51.4 Å². The third kappa shape index (κ3) is 28.9. The van der Waals surface area contributed by atoms with Crippen LogP contribution in [0.2, 0.25) is 0 Å². The minimum atomic E-state index is -0.740. The van der Waals surface area contributed by atoms with Crippen LogP contribution in [-0.2, 0) is 19.1 Å². The van der Waals surface area contributed by atoms with E-state index in [-0.39, 0.29) is 26.1 Å². The molecule has 0 saturated carbocycles. The van der Waals surface area contributed by atoms with E-state index < -0.39 is 11.9 Å². The SMILES string of the molecule is O=C(O)CCCCCCCCC(=O)O.OCCOCCOCCO. The number of rotatable bonds is 16. The lowest BCUT2D eigenvalue weighted by atomic mass is 10.1. The molecule has 0 heterocycles. The number of unbranched alkanes of at least 4 members (excludes halogenated alkanes) is 5. The summed E-state index contributed by atoms with van der Waals surface area (Å²) in [6, 6.07) is 0. The normalized spacial score (nSPS) is 10.1. The van der Waals surface area contributed by atoms with Crippen molar-refractivity contribution >= 4 is 11.9 Å². The quantitative estimate of drug-likeness (QED) is 0.305. The van der Waals surface area contributed by atoms with Crippen molar-refractivity contribution in [2.75, 3.05) is 39.6 Å². The molecule has 0 aromatic heterocycles. The molecule has 0 amide bonds. The summed E-state index contributed by atoms with van der Waals surface area (Å²) in [5, 5.41) is 33.2. The van der Waals surface area contributed by atoms with Gasteiger partial charge in [-0.3, -0.25) is 9.59 Å². The molecule has 0 aromatic carbocycles. The zero-order valence-electron chi connectivity index (χ0n) is 14.3. The van der Waals surface area contributed by atoms with Crippen molar-refractivity contribution < 1.29 is 39.5 Å². The van der Waals surface area contributed by atoms with E-state index in [0.717, 1.165) is 38.5 Å². The molecular weight excluding hydrogens is 320 g/mol. The van der Waals surface area contributed by atoms with Crippen LogP contribution in [0, 0.1) is 0 Å². The van der Waals surface area contributed by atoms with E-state index >= 15 is 0 Å². The van der Waals surface area contributed by atoms with Gasteiger partial charge in [-0.05, 0) is 12.8 Å². The second kappa shape index (κ2) is 21.8. The van der Waals surface area contributed by atoms with E-state index in [1.165, 1.54) is 0 Å². The van der Waals surface area contributed by atoms with Gasteiger partial charge >= 0.3 is 11.9 Å². The number of ether oxygens (including phenoxy) is 2. The van der Waals surface area contributed by atoms with Crippen molar-refractivity contribution in [2.24, 2.45) is 0 Å². The number of aliphatic carboxylic acids is 2. The minimum absolute atomic E-state index is 0.0417. The topological polar surface area (TPSA) is 134 Å². The molecule has 8 nitrogen and oxygen atoms in total. The van der Waals surface area contributed by atoms with Gasteiger partial charge in [-0.1, -0.05) is 25.7 Å². The Kier molecular flexibility index (Phi) is 22.7. The summed E-state index contributed by atoms with van der Waals surface area (Å²) in [5.41, 5.74) is 0. The van der Waals surface area contributed by atoms with Crippen LogP contribution in [0.4, 0.5) is 0 Å². The van der Waals surface area contributed by atoms with Crippen molar-refractivity contribution in [1.29, 1.82) is 0 Å². The van der Waals surface area contributed by atoms with Crippen LogP contribution < -0.4 is 0 Å². The summed E-state index contributed by atoms with van der Waals surface area (Å²) in [6.07, 6.45) is 5.82. The number of aliphatic hydroxyl groups excluding tert-OH is 2. The smallest absolute Gasteiger partial charge is 0.303 e. The Bertz CT molecular complexity index is 255. The predicted molar refractivity (Wildman–Crippen MR) is 88.0 cm³/mol. The molecule has 0 aliphatic heterocycles. The van der Waals surface area contributed by atoms with Gasteiger partial charge < -0.3 is 29.9 Å². The molecule has 0 radical (unpaired) electrons. The van der Waals surface area contributed by atoms with E-state index in [9.17, 15) is 9.59 Å². The molecule has 0 fully saturated rings. The Morgan fingerprint density at radius 3 is 1.21 bits per heavy atom. The summed E-state index contributed by atoms with van der Waals surface area (Å²) in [5.74, 6) is -1.48. The zero-order valence-corrected chi connectivity index (χ0v) is 14.3. The van der Waals surface area contributed by atoms with Gasteiger partial charge in [-0.15, -0.1) is 0 Å². The minimum Gasteiger partial charge on any atom is -0.481 e. The van der Waals surface area contributed by atoms with Crippen molar-refractivity contribution in [3.63, 3.8) is 0 Å². The average molecular weight is 352 g/mol. The monoisotopic (exact) mass is 352 g/mol. The van der Waals surface area contributed by atoms with Crippen LogP contribution in [0.3, 0.4) is 0 Å². The van der Waals surface area contributed by atoms with Gasteiger partial charge in [0.1, 0.15) is 0 Å². The number of aliphatic hydroxyl groups is 2. The van der Waals surface area contributed by atoms with Gasteiger partial charge in [0.15, 0.2) is 0 Å². The van der Waals surface area contributed by atoms with E-state index in [0.29, 0.717) is 26.4 Å². The molecule has 0 aliphatic carbocycles. The molecule has 0 saturated heterocycles. The van der Waals surface area contributed by atoms with Crippen LogP contribution in [0.15, 0.2) is 0 Å². The van der Waals surface area contributed by atoms with E-state index in [2.05, 4.69) is 0 Å². The largest absolute Gasteiger partial charge is 0.481 e. The maximum absolute atomic E-state index is 10.1. The molecule has 0 rings (SSSR count). The molecule has 8 heteroatoms. The second-order valence-electron chi connectivity index (χ2n) is 5.08. The van der Waals surface area contributed by atoms with Gasteiger partial charge in [0, 0.05) is 12.8 Å². The Morgan fingerprint density at radius 1 is 0.583 bits per heavy atom. The summed E-state index contributed by atoms with van der Waals surface area (Å²) < 4.78 is 9.75. The molecule has 0 aromatic rings. The molecule has 0 atom stereocenters. The van der Waals surface area contributed by atoms with Gasteiger partial charge in [-0.25, -0.2) is 0 Å². The Balaban J connectivity index is 0. The first-order valence-corrected chi connectivity index (χ1v) is 8.35. The van der Waals surface area contributed by atoms with Gasteiger partial charge in [0.05, 0.1) is 39.6 Å². The predicted octanol–water partition coefficient (Wildman–Crippen LogP) is 1.28. The van der Waals surface area contributed by atoms with Crippen LogP contribution in [-0.4, -0.2) is 72.0 Å². The van der Waals surface area contributed by atoms with Crippen molar-refractivity contribution in [3.8, 4) is 0 Å². The Labute approximate surface area is 143 Å². The van der Waals surface area contributed by atoms with Gasteiger partial charge in [0.25, 0.3) is 0 Å². The fourth-order valence-electron chi connectivity index (χ4n) is 1.71. The lowest BCUT2D eigenvalue weighted by molar-refractivity contribution is -0.138. The summed E-state index contributed by atoms with van der Waals surface area (Å²) in [6.45, 7) is 1.73. The Morgan fingerprint density at radius 2 is 0.917 bits per heavy atom. The molecule has 144 valence electrons. The van der Waals surface area contributed by atoms with Crippen LogP contribution >= 0.6 is 0 Å². The average Bonchev–Trinajstić information content (AvgIpc) is 2.53. The first-order valence-electron chi connectivity index (χ1n) is 8.35. The van der Waals surface area contributed by atoms with Gasteiger partial charge in [-0.2, -0.15) is 0 Å². The maximum Gasteiger partial charge on any atom is 0.303 e. The van der Waals surface area contributed by atoms with E-state index in [4.69, 9.17) is 29.9 Å². The standard InChI is InChI=1S/C10H18O4.C6H14O4/c11-9(12)7-5-3-1-2-4-6-8-10(13)14;7-1-3-9-5-6-10-4-2-8/h1-8H2,(H,11,12)(H,13,14);7-8H,1-6H2.